The van der Waals surface area contributed by atoms with Crippen molar-refractivity contribution in [1.82, 2.24) is 5.32 Å². The summed E-state index contributed by atoms with van der Waals surface area (Å²) < 4.78 is 5.34. The Balaban J connectivity index is 2.18. The fourth-order valence-electron chi connectivity index (χ4n) is 2.34. The minimum absolute atomic E-state index is 0.248. The van der Waals surface area contributed by atoms with Crippen molar-refractivity contribution in [2.75, 3.05) is 36.5 Å². The standard InChI is InChI=1S/C15H20ClN3O3/c1-10(17-11(2)20)15(21)18-13-5-3-4-12(16)14(13)19-6-8-22-9-7-19/h3-5,10H,6-9H2,1-2H3,(H,17,20)(H,18,21). The fraction of sp³-hybridized carbons (Fsp3) is 0.467. The second-order valence-electron chi connectivity index (χ2n) is 5.15. The Hall–Kier alpha value is -1.79. The predicted molar refractivity (Wildman–Crippen MR) is 86.4 cm³/mol. The summed E-state index contributed by atoms with van der Waals surface area (Å²) in [6, 6.07) is 4.76. The molecule has 6 nitrogen and oxygen atoms in total. The molecule has 1 aliphatic heterocycles. The number of anilines is 2. The molecule has 0 bridgehead atoms. The molecule has 0 spiro atoms. The second-order valence-corrected chi connectivity index (χ2v) is 5.55. The van der Waals surface area contributed by atoms with Crippen LogP contribution in [-0.2, 0) is 14.3 Å². The van der Waals surface area contributed by atoms with Crippen molar-refractivity contribution in [3.63, 3.8) is 0 Å². The maximum Gasteiger partial charge on any atom is 0.246 e. The molecule has 0 aromatic heterocycles. The van der Waals surface area contributed by atoms with E-state index in [2.05, 4.69) is 15.5 Å². The number of ether oxygens (including phenoxy) is 1. The molecule has 1 saturated heterocycles. The van der Waals surface area contributed by atoms with Crippen molar-refractivity contribution in [2.45, 2.75) is 19.9 Å². The first-order valence-corrected chi connectivity index (χ1v) is 7.56. The van der Waals surface area contributed by atoms with Crippen LogP contribution in [0.3, 0.4) is 0 Å². The number of para-hydroxylation sites is 1. The quantitative estimate of drug-likeness (QED) is 0.883. The summed E-state index contributed by atoms with van der Waals surface area (Å²) in [5, 5.41) is 5.97. The minimum Gasteiger partial charge on any atom is -0.378 e. The van der Waals surface area contributed by atoms with E-state index >= 15 is 0 Å². The molecule has 22 heavy (non-hydrogen) atoms. The Bertz CT molecular complexity index is 559. The first-order valence-electron chi connectivity index (χ1n) is 7.18. The summed E-state index contributed by atoms with van der Waals surface area (Å²) in [4.78, 5) is 25.3. The van der Waals surface area contributed by atoms with Gasteiger partial charge in [-0.2, -0.15) is 0 Å². The zero-order chi connectivity index (χ0) is 16.1. The van der Waals surface area contributed by atoms with Crippen LogP contribution >= 0.6 is 11.6 Å². The lowest BCUT2D eigenvalue weighted by Crippen LogP contribution is -2.41. The highest BCUT2D eigenvalue weighted by molar-refractivity contribution is 6.34. The molecule has 1 aromatic carbocycles. The van der Waals surface area contributed by atoms with Gasteiger partial charge in [0, 0.05) is 20.0 Å². The van der Waals surface area contributed by atoms with E-state index in [0.29, 0.717) is 37.0 Å². The minimum atomic E-state index is -0.617. The van der Waals surface area contributed by atoms with Gasteiger partial charge in [0.1, 0.15) is 6.04 Å². The number of amides is 2. The Morgan fingerprint density at radius 1 is 1.32 bits per heavy atom. The molecule has 1 unspecified atom stereocenters. The molecule has 2 amide bonds. The molecule has 1 heterocycles. The number of carbonyl (C=O) groups is 2. The van der Waals surface area contributed by atoms with Crippen LogP contribution in [0.4, 0.5) is 11.4 Å². The van der Waals surface area contributed by atoms with Gasteiger partial charge < -0.3 is 20.3 Å². The Morgan fingerprint density at radius 2 is 2.00 bits per heavy atom. The average Bonchev–Trinajstić information content (AvgIpc) is 2.47. The molecule has 1 atom stereocenters. The lowest BCUT2D eigenvalue weighted by Gasteiger charge is -2.31. The van der Waals surface area contributed by atoms with Gasteiger partial charge in [0.05, 0.1) is 29.6 Å². The van der Waals surface area contributed by atoms with Gasteiger partial charge in [-0.05, 0) is 19.1 Å². The zero-order valence-corrected chi connectivity index (χ0v) is 13.4. The molecule has 0 saturated carbocycles. The monoisotopic (exact) mass is 325 g/mol. The number of morpholine rings is 1. The third-order valence-corrected chi connectivity index (χ3v) is 3.69. The van der Waals surface area contributed by atoms with Gasteiger partial charge >= 0.3 is 0 Å². The molecule has 1 aromatic rings. The van der Waals surface area contributed by atoms with Crippen LogP contribution in [0.5, 0.6) is 0 Å². The molecule has 7 heteroatoms. The summed E-state index contributed by atoms with van der Waals surface area (Å²) in [5.41, 5.74) is 1.42. The summed E-state index contributed by atoms with van der Waals surface area (Å²) in [7, 11) is 0. The lowest BCUT2D eigenvalue weighted by molar-refractivity contribution is -0.124. The molecular weight excluding hydrogens is 306 g/mol. The molecule has 1 fully saturated rings. The van der Waals surface area contributed by atoms with Crippen LogP contribution in [0.1, 0.15) is 13.8 Å². The topological polar surface area (TPSA) is 70.7 Å². The smallest absolute Gasteiger partial charge is 0.246 e. The largest absolute Gasteiger partial charge is 0.378 e. The second kappa shape index (κ2) is 7.47. The number of benzene rings is 1. The van der Waals surface area contributed by atoms with Crippen LogP contribution in [0, 0.1) is 0 Å². The van der Waals surface area contributed by atoms with Crippen LogP contribution < -0.4 is 15.5 Å². The van der Waals surface area contributed by atoms with Gasteiger partial charge in [0.25, 0.3) is 0 Å². The Morgan fingerprint density at radius 3 is 2.64 bits per heavy atom. The van der Waals surface area contributed by atoms with E-state index in [-0.39, 0.29) is 11.8 Å². The van der Waals surface area contributed by atoms with Crippen molar-refractivity contribution in [2.24, 2.45) is 0 Å². The third-order valence-electron chi connectivity index (χ3n) is 3.39. The van der Waals surface area contributed by atoms with E-state index in [1.807, 2.05) is 0 Å². The van der Waals surface area contributed by atoms with Crippen molar-refractivity contribution in [3.05, 3.63) is 23.2 Å². The highest BCUT2D eigenvalue weighted by atomic mass is 35.5. The van der Waals surface area contributed by atoms with Gasteiger partial charge in [-0.25, -0.2) is 0 Å². The van der Waals surface area contributed by atoms with E-state index in [4.69, 9.17) is 16.3 Å². The van der Waals surface area contributed by atoms with Crippen LogP contribution in [-0.4, -0.2) is 44.2 Å². The van der Waals surface area contributed by atoms with Crippen molar-refractivity contribution in [3.8, 4) is 0 Å². The van der Waals surface area contributed by atoms with E-state index in [0.717, 1.165) is 5.69 Å². The number of halogens is 1. The zero-order valence-electron chi connectivity index (χ0n) is 12.7. The highest BCUT2D eigenvalue weighted by Crippen LogP contribution is 2.34. The van der Waals surface area contributed by atoms with E-state index in [9.17, 15) is 9.59 Å². The maximum absolute atomic E-state index is 12.2. The Labute approximate surface area is 134 Å². The molecule has 120 valence electrons. The molecule has 1 aliphatic rings. The summed E-state index contributed by atoms with van der Waals surface area (Å²) in [5.74, 6) is -0.533. The number of nitrogens with one attached hydrogen (secondary N) is 2. The number of carbonyl (C=O) groups excluding carboxylic acids is 2. The third kappa shape index (κ3) is 4.11. The van der Waals surface area contributed by atoms with Crippen molar-refractivity contribution in [1.29, 1.82) is 0 Å². The summed E-state index contributed by atoms with van der Waals surface area (Å²) >= 11 is 6.31. The van der Waals surface area contributed by atoms with Gasteiger partial charge in [-0.3, -0.25) is 9.59 Å². The predicted octanol–water partition coefficient (Wildman–Crippen LogP) is 1.64. The molecule has 0 aliphatic carbocycles. The first-order chi connectivity index (χ1) is 10.5. The summed E-state index contributed by atoms with van der Waals surface area (Å²) in [6.45, 7) is 5.70. The molecule has 2 N–H and O–H groups in total. The van der Waals surface area contributed by atoms with Crippen molar-refractivity contribution >= 4 is 34.8 Å². The maximum atomic E-state index is 12.2. The average molecular weight is 326 g/mol. The van der Waals surface area contributed by atoms with Crippen LogP contribution in [0.25, 0.3) is 0 Å². The van der Waals surface area contributed by atoms with Crippen LogP contribution in [0.15, 0.2) is 18.2 Å². The van der Waals surface area contributed by atoms with Gasteiger partial charge in [-0.15, -0.1) is 0 Å². The molecule has 0 radical (unpaired) electrons. The lowest BCUT2D eigenvalue weighted by atomic mass is 10.2. The molecular formula is C15H20ClN3O3. The van der Waals surface area contributed by atoms with Gasteiger partial charge in [-0.1, -0.05) is 17.7 Å². The van der Waals surface area contributed by atoms with Crippen molar-refractivity contribution < 1.29 is 14.3 Å². The van der Waals surface area contributed by atoms with Gasteiger partial charge in [0.2, 0.25) is 11.8 Å². The SMILES string of the molecule is CC(=O)NC(C)C(=O)Nc1cccc(Cl)c1N1CCOCC1. The van der Waals surface area contributed by atoms with Crippen LogP contribution in [0.2, 0.25) is 5.02 Å². The summed E-state index contributed by atoms with van der Waals surface area (Å²) in [6.07, 6.45) is 0. The number of hydrogen-bond donors (Lipinski definition) is 2. The fourth-order valence-corrected chi connectivity index (χ4v) is 2.63. The highest BCUT2D eigenvalue weighted by Gasteiger charge is 2.21. The van der Waals surface area contributed by atoms with E-state index in [1.54, 1.807) is 25.1 Å². The normalized spacial score (nSPS) is 16.0. The number of hydrogen-bond acceptors (Lipinski definition) is 4. The van der Waals surface area contributed by atoms with E-state index in [1.165, 1.54) is 6.92 Å². The number of nitrogens with zero attached hydrogens (tertiary/aromatic N) is 1. The molecule has 2 rings (SSSR count). The number of rotatable bonds is 4. The first kappa shape index (κ1) is 16.6. The Kier molecular flexibility index (Phi) is 5.63. The van der Waals surface area contributed by atoms with E-state index < -0.39 is 6.04 Å². The van der Waals surface area contributed by atoms with Gasteiger partial charge in [0.15, 0.2) is 0 Å².